The number of Topliss-reactive ketones (excluding diaryl/α,β-unsaturated/α-hetero) is 1. The molecule has 0 saturated carbocycles. The van der Waals surface area contributed by atoms with Crippen LogP contribution in [-0.4, -0.2) is 17.5 Å². The highest BCUT2D eigenvalue weighted by Gasteiger charge is 2.25. The Morgan fingerprint density at radius 2 is 2.00 bits per heavy atom. The molecule has 3 heteroatoms. The van der Waals surface area contributed by atoms with Gasteiger partial charge in [-0.15, -0.1) is 0 Å². The van der Waals surface area contributed by atoms with Crippen LogP contribution < -0.4 is 4.74 Å². The maximum absolute atomic E-state index is 12.7. The lowest BCUT2D eigenvalue weighted by Gasteiger charge is -2.26. The molecule has 0 N–H and O–H groups in total. The van der Waals surface area contributed by atoms with Crippen LogP contribution in [0.1, 0.15) is 44.5 Å². The van der Waals surface area contributed by atoms with E-state index in [1.807, 2.05) is 36.0 Å². The molecule has 0 aliphatic heterocycles. The molecule has 1 unspecified atom stereocenters. The second kappa shape index (κ2) is 5.55. The summed E-state index contributed by atoms with van der Waals surface area (Å²) in [5.74, 6) is 1.28. The van der Waals surface area contributed by atoms with E-state index in [2.05, 4.69) is 27.7 Å². The zero-order valence-corrected chi connectivity index (χ0v) is 13.9. The minimum Gasteiger partial charge on any atom is -0.496 e. The number of ether oxygens (including phenoxy) is 1. The molecule has 1 aromatic heterocycles. The monoisotopic (exact) mass is 287 g/mol. The third-order valence-corrected chi connectivity index (χ3v) is 4.47. The van der Waals surface area contributed by atoms with E-state index in [1.165, 1.54) is 0 Å². The third kappa shape index (κ3) is 2.97. The Labute approximate surface area is 126 Å². The second-order valence-electron chi connectivity index (χ2n) is 6.90. The number of aryl methyl sites for hydroxylation is 1. The summed E-state index contributed by atoms with van der Waals surface area (Å²) in [5, 5.41) is 0.925. The first-order valence-electron chi connectivity index (χ1n) is 7.41. The molecule has 0 aliphatic carbocycles. The molecule has 0 radical (unpaired) electrons. The highest BCUT2D eigenvalue weighted by atomic mass is 16.5. The number of hydrogen-bond donors (Lipinski definition) is 0. The van der Waals surface area contributed by atoms with Crippen LogP contribution in [0.25, 0.3) is 10.9 Å². The lowest BCUT2D eigenvalue weighted by atomic mass is 9.78. The van der Waals surface area contributed by atoms with Gasteiger partial charge < -0.3 is 9.30 Å². The van der Waals surface area contributed by atoms with Crippen LogP contribution in [0.4, 0.5) is 0 Å². The summed E-state index contributed by atoms with van der Waals surface area (Å²) in [6.45, 7) is 8.66. The molecule has 0 bridgehead atoms. The molecule has 2 rings (SSSR count). The van der Waals surface area contributed by atoms with Crippen LogP contribution in [0.3, 0.4) is 0 Å². The maximum atomic E-state index is 12.7. The van der Waals surface area contributed by atoms with Gasteiger partial charge >= 0.3 is 0 Å². The van der Waals surface area contributed by atoms with E-state index in [4.69, 9.17) is 4.74 Å². The van der Waals surface area contributed by atoms with Crippen LogP contribution in [0.5, 0.6) is 5.75 Å². The maximum Gasteiger partial charge on any atom is 0.165 e. The smallest absolute Gasteiger partial charge is 0.165 e. The molecule has 1 heterocycles. The second-order valence-corrected chi connectivity index (χ2v) is 6.90. The van der Waals surface area contributed by atoms with Gasteiger partial charge in [-0.2, -0.15) is 0 Å². The summed E-state index contributed by atoms with van der Waals surface area (Å²) in [4.78, 5) is 12.7. The van der Waals surface area contributed by atoms with E-state index in [1.54, 1.807) is 7.11 Å². The first kappa shape index (κ1) is 15.6. The van der Waals surface area contributed by atoms with Crippen molar-refractivity contribution < 1.29 is 9.53 Å². The van der Waals surface area contributed by atoms with Crippen LogP contribution >= 0.6 is 0 Å². The average Bonchev–Trinajstić information content (AvgIpc) is 2.75. The van der Waals surface area contributed by atoms with Gasteiger partial charge in [-0.05, 0) is 23.5 Å². The average molecular weight is 287 g/mol. The summed E-state index contributed by atoms with van der Waals surface area (Å²) in [7, 11) is 3.61. The summed E-state index contributed by atoms with van der Waals surface area (Å²) in [6.07, 6.45) is 2.48. The van der Waals surface area contributed by atoms with Crippen LogP contribution in [0.2, 0.25) is 0 Å². The van der Waals surface area contributed by atoms with Gasteiger partial charge in [0, 0.05) is 25.2 Å². The predicted octanol–water partition coefficient (Wildman–Crippen LogP) is 4.44. The minimum absolute atomic E-state index is 0.129. The Kier molecular flexibility index (Phi) is 4.13. The number of aromatic nitrogens is 1. The van der Waals surface area contributed by atoms with Crippen LogP contribution in [0.15, 0.2) is 24.4 Å². The van der Waals surface area contributed by atoms with E-state index < -0.39 is 0 Å². The summed E-state index contributed by atoms with van der Waals surface area (Å²) >= 11 is 0. The number of nitrogens with zero attached hydrogens (tertiary/aromatic N) is 1. The van der Waals surface area contributed by atoms with Crippen molar-refractivity contribution in [2.45, 2.75) is 34.1 Å². The van der Waals surface area contributed by atoms with E-state index in [9.17, 15) is 4.79 Å². The molecule has 114 valence electrons. The number of ketones is 1. The Hall–Kier alpha value is -1.77. The van der Waals surface area contributed by atoms with Gasteiger partial charge in [-0.3, -0.25) is 4.79 Å². The molecule has 1 atom stereocenters. The quantitative estimate of drug-likeness (QED) is 0.778. The summed E-state index contributed by atoms with van der Waals surface area (Å²) in [5.41, 5.74) is 1.92. The van der Waals surface area contributed by atoms with Gasteiger partial charge in [0.2, 0.25) is 0 Å². The molecule has 0 fully saturated rings. The highest BCUT2D eigenvalue weighted by Crippen LogP contribution is 2.34. The van der Waals surface area contributed by atoms with Gasteiger partial charge in [0.25, 0.3) is 0 Å². The summed E-state index contributed by atoms with van der Waals surface area (Å²) in [6, 6.07) is 5.88. The zero-order chi connectivity index (χ0) is 15.8. The van der Waals surface area contributed by atoms with Crippen molar-refractivity contribution >= 4 is 16.7 Å². The lowest BCUT2D eigenvalue weighted by molar-refractivity contribution is 0.0928. The largest absolute Gasteiger partial charge is 0.496 e. The first-order valence-corrected chi connectivity index (χ1v) is 7.41. The number of carbonyl (C=O) groups excluding carboxylic acids is 1. The fourth-order valence-electron chi connectivity index (χ4n) is 2.49. The van der Waals surface area contributed by atoms with E-state index in [0.29, 0.717) is 12.3 Å². The number of hydrogen-bond acceptors (Lipinski definition) is 2. The molecule has 0 spiro atoms. The van der Waals surface area contributed by atoms with E-state index >= 15 is 0 Å². The minimum atomic E-state index is 0.129. The van der Waals surface area contributed by atoms with Gasteiger partial charge in [-0.25, -0.2) is 0 Å². The van der Waals surface area contributed by atoms with Gasteiger partial charge in [0.05, 0.1) is 18.0 Å². The molecule has 2 aromatic rings. The molecule has 0 amide bonds. The number of rotatable bonds is 4. The Balaban J connectivity index is 2.45. The lowest BCUT2D eigenvalue weighted by Crippen LogP contribution is -2.20. The van der Waals surface area contributed by atoms with Gasteiger partial charge in [-0.1, -0.05) is 33.8 Å². The molecule has 0 aliphatic rings. The molecule has 1 aromatic carbocycles. The Morgan fingerprint density at radius 1 is 1.33 bits per heavy atom. The van der Waals surface area contributed by atoms with E-state index in [-0.39, 0.29) is 11.2 Å². The number of carbonyl (C=O) groups is 1. The van der Waals surface area contributed by atoms with Crippen molar-refractivity contribution in [3.8, 4) is 5.75 Å². The zero-order valence-electron chi connectivity index (χ0n) is 13.9. The number of fused-ring (bicyclic) bond motifs is 1. The van der Waals surface area contributed by atoms with Crippen molar-refractivity contribution in [1.29, 1.82) is 0 Å². The van der Waals surface area contributed by atoms with Crippen molar-refractivity contribution in [2.75, 3.05) is 7.11 Å². The Morgan fingerprint density at radius 3 is 2.57 bits per heavy atom. The number of methoxy groups -OCH3 is 1. The highest BCUT2D eigenvalue weighted by molar-refractivity contribution is 6.10. The summed E-state index contributed by atoms with van der Waals surface area (Å²) < 4.78 is 7.43. The standard InChI is InChI=1S/C18H25NO2/c1-12(18(2,3)4)10-15(20)13-11-19(5)14-8-7-9-16(21-6)17(13)14/h7-9,11-12H,10H2,1-6H3. The normalized spacial score (nSPS) is 13.4. The number of benzene rings is 1. The SMILES string of the molecule is COc1cccc2c1c(C(=O)CC(C)C(C)(C)C)cn2C. The fourth-order valence-corrected chi connectivity index (χ4v) is 2.49. The van der Waals surface area contributed by atoms with Crippen LogP contribution in [0, 0.1) is 11.3 Å². The van der Waals surface area contributed by atoms with Crippen molar-refractivity contribution in [2.24, 2.45) is 18.4 Å². The van der Waals surface area contributed by atoms with Crippen molar-refractivity contribution in [1.82, 2.24) is 4.57 Å². The van der Waals surface area contributed by atoms with Gasteiger partial charge in [0.1, 0.15) is 5.75 Å². The molecule has 21 heavy (non-hydrogen) atoms. The third-order valence-electron chi connectivity index (χ3n) is 4.47. The fraction of sp³-hybridized carbons (Fsp3) is 0.500. The Bertz CT molecular complexity index is 662. The van der Waals surface area contributed by atoms with Gasteiger partial charge in [0.15, 0.2) is 5.78 Å². The molecular weight excluding hydrogens is 262 g/mol. The van der Waals surface area contributed by atoms with E-state index in [0.717, 1.165) is 22.2 Å². The van der Waals surface area contributed by atoms with Crippen LogP contribution in [-0.2, 0) is 7.05 Å². The molecular formula is C18H25NO2. The molecule has 0 saturated heterocycles. The topological polar surface area (TPSA) is 31.2 Å². The van der Waals surface area contributed by atoms with Crippen molar-refractivity contribution in [3.63, 3.8) is 0 Å². The van der Waals surface area contributed by atoms with Crippen molar-refractivity contribution in [3.05, 3.63) is 30.0 Å². The molecule has 3 nitrogen and oxygen atoms in total. The first-order chi connectivity index (χ1) is 9.75. The predicted molar refractivity (Wildman–Crippen MR) is 87.0 cm³/mol.